The first-order chi connectivity index (χ1) is 9.00. The number of nitro groups is 1. The van der Waals surface area contributed by atoms with Crippen molar-refractivity contribution >= 4 is 11.7 Å². The Bertz CT molecular complexity index is 602. The van der Waals surface area contributed by atoms with Gasteiger partial charge in [-0.05, 0) is 17.9 Å². The zero-order valence-corrected chi connectivity index (χ0v) is 10.5. The molecular formula is C11H13N5O3. The van der Waals surface area contributed by atoms with Crippen molar-refractivity contribution in [2.75, 3.05) is 0 Å². The van der Waals surface area contributed by atoms with Gasteiger partial charge in [0.25, 0.3) is 5.91 Å². The van der Waals surface area contributed by atoms with Crippen LogP contribution in [0, 0.1) is 10.1 Å². The zero-order chi connectivity index (χ0) is 14.0. The van der Waals surface area contributed by atoms with E-state index in [2.05, 4.69) is 15.3 Å². The number of H-pyrrole nitrogens is 1. The van der Waals surface area contributed by atoms with Crippen LogP contribution in [0.25, 0.3) is 0 Å². The van der Waals surface area contributed by atoms with E-state index in [-0.39, 0.29) is 23.5 Å². The fraction of sp³-hybridized carbons (Fsp3) is 0.273. The highest BCUT2D eigenvalue weighted by Gasteiger charge is 2.22. The number of imidazole rings is 1. The molecule has 0 saturated heterocycles. The Labute approximate surface area is 108 Å². The van der Waals surface area contributed by atoms with E-state index < -0.39 is 4.92 Å². The standard InChI is InChI=1S/C11H13N5O3/c1-7(10-12-5-6-13-10)14-11(17)8-3-4-9(15(8)2)16(18)19/h3-7H,1-2H3,(H,12,13)(H,14,17). The maximum Gasteiger partial charge on any atom is 0.323 e. The molecule has 0 radical (unpaired) electrons. The average Bonchev–Trinajstić information content (AvgIpc) is 2.96. The van der Waals surface area contributed by atoms with Crippen LogP contribution in [-0.2, 0) is 7.05 Å². The van der Waals surface area contributed by atoms with Crippen LogP contribution in [0.2, 0.25) is 0 Å². The molecule has 2 heterocycles. The minimum absolute atomic E-state index is 0.129. The second-order valence-electron chi connectivity index (χ2n) is 4.06. The fourth-order valence-electron chi connectivity index (χ4n) is 1.77. The van der Waals surface area contributed by atoms with Crippen molar-refractivity contribution in [3.8, 4) is 0 Å². The molecule has 1 atom stereocenters. The summed E-state index contributed by atoms with van der Waals surface area (Å²) in [6, 6.07) is 2.41. The monoisotopic (exact) mass is 263 g/mol. The number of nitrogens with one attached hydrogen (secondary N) is 2. The number of hydrogen-bond donors (Lipinski definition) is 2. The molecule has 0 saturated carbocycles. The van der Waals surface area contributed by atoms with Gasteiger partial charge in [-0.25, -0.2) is 9.55 Å². The molecule has 19 heavy (non-hydrogen) atoms. The van der Waals surface area contributed by atoms with Crippen LogP contribution in [0.5, 0.6) is 0 Å². The predicted octanol–water partition coefficient (Wildman–Crippen LogP) is 1.15. The molecule has 0 spiro atoms. The average molecular weight is 263 g/mol. The Morgan fingerprint density at radius 2 is 2.32 bits per heavy atom. The highest BCUT2D eigenvalue weighted by atomic mass is 16.6. The van der Waals surface area contributed by atoms with Gasteiger partial charge >= 0.3 is 5.82 Å². The molecule has 0 aliphatic rings. The third kappa shape index (κ3) is 2.46. The lowest BCUT2D eigenvalue weighted by molar-refractivity contribution is -0.391. The number of carbonyl (C=O) groups excluding carboxylic acids is 1. The SMILES string of the molecule is CC(NC(=O)c1ccc([N+](=O)[O-])n1C)c1ncc[nH]1. The van der Waals surface area contributed by atoms with Crippen molar-refractivity contribution in [3.63, 3.8) is 0 Å². The summed E-state index contributed by atoms with van der Waals surface area (Å²) in [6.07, 6.45) is 3.25. The van der Waals surface area contributed by atoms with E-state index >= 15 is 0 Å². The van der Waals surface area contributed by atoms with Crippen LogP contribution in [0.3, 0.4) is 0 Å². The lowest BCUT2D eigenvalue weighted by atomic mass is 10.3. The Morgan fingerprint density at radius 1 is 1.58 bits per heavy atom. The molecule has 8 heteroatoms. The molecule has 100 valence electrons. The number of aromatic nitrogens is 3. The second-order valence-corrected chi connectivity index (χ2v) is 4.06. The molecule has 0 fully saturated rings. The van der Waals surface area contributed by atoms with Gasteiger partial charge in [0.2, 0.25) is 0 Å². The molecule has 2 aromatic rings. The highest BCUT2D eigenvalue weighted by Crippen LogP contribution is 2.16. The van der Waals surface area contributed by atoms with Gasteiger partial charge in [-0.1, -0.05) is 0 Å². The number of rotatable bonds is 4. The summed E-state index contributed by atoms with van der Waals surface area (Å²) in [5.41, 5.74) is 0.227. The molecule has 1 amide bonds. The second kappa shape index (κ2) is 4.92. The first kappa shape index (κ1) is 12.8. The summed E-state index contributed by atoms with van der Waals surface area (Å²) in [4.78, 5) is 29.1. The van der Waals surface area contributed by atoms with Crippen LogP contribution < -0.4 is 5.32 Å². The molecule has 0 aromatic carbocycles. The van der Waals surface area contributed by atoms with Crippen LogP contribution >= 0.6 is 0 Å². The van der Waals surface area contributed by atoms with Gasteiger partial charge in [0.05, 0.1) is 13.1 Å². The van der Waals surface area contributed by atoms with Gasteiger partial charge in [-0.3, -0.25) is 4.79 Å². The normalized spacial score (nSPS) is 12.1. The molecule has 1 unspecified atom stereocenters. The molecule has 0 aliphatic carbocycles. The first-order valence-corrected chi connectivity index (χ1v) is 5.61. The number of hydrogen-bond acceptors (Lipinski definition) is 4. The number of aromatic amines is 1. The molecular weight excluding hydrogens is 250 g/mol. The molecule has 2 N–H and O–H groups in total. The van der Waals surface area contributed by atoms with Gasteiger partial charge in [-0.2, -0.15) is 0 Å². The van der Waals surface area contributed by atoms with Crippen molar-refractivity contribution in [2.24, 2.45) is 7.05 Å². The minimum atomic E-state index is -0.535. The number of carbonyl (C=O) groups is 1. The molecule has 0 aliphatic heterocycles. The Morgan fingerprint density at radius 3 is 2.84 bits per heavy atom. The van der Waals surface area contributed by atoms with Crippen molar-refractivity contribution < 1.29 is 9.72 Å². The molecule has 2 rings (SSSR count). The topological polar surface area (TPSA) is 106 Å². The van der Waals surface area contributed by atoms with Crippen molar-refractivity contribution in [2.45, 2.75) is 13.0 Å². The van der Waals surface area contributed by atoms with E-state index in [1.54, 1.807) is 19.3 Å². The fourth-order valence-corrected chi connectivity index (χ4v) is 1.77. The van der Waals surface area contributed by atoms with Crippen LogP contribution in [-0.4, -0.2) is 25.4 Å². The van der Waals surface area contributed by atoms with E-state index in [0.717, 1.165) is 0 Å². The molecule has 0 bridgehead atoms. The van der Waals surface area contributed by atoms with Gasteiger partial charge in [0.1, 0.15) is 5.82 Å². The Balaban J connectivity index is 2.14. The summed E-state index contributed by atoms with van der Waals surface area (Å²) >= 11 is 0. The lowest BCUT2D eigenvalue weighted by Crippen LogP contribution is -2.29. The summed E-state index contributed by atoms with van der Waals surface area (Å²) in [7, 11) is 1.48. The third-order valence-corrected chi connectivity index (χ3v) is 2.79. The maximum absolute atomic E-state index is 12.0. The van der Waals surface area contributed by atoms with Crippen LogP contribution in [0.15, 0.2) is 24.5 Å². The maximum atomic E-state index is 12.0. The number of amides is 1. The van der Waals surface area contributed by atoms with E-state index in [1.807, 2.05) is 0 Å². The van der Waals surface area contributed by atoms with E-state index in [1.165, 1.54) is 23.7 Å². The summed E-state index contributed by atoms with van der Waals surface area (Å²) < 4.78 is 1.24. The van der Waals surface area contributed by atoms with Gasteiger partial charge < -0.3 is 20.4 Å². The van der Waals surface area contributed by atoms with E-state index in [4.69, 9.17) is 0 Å². The van der Waals surface area contributed by atoms with Crippen molar-refractivity contribution in [3.05, 3.63) is 46.2 Å². The zero-order valence-electron chi connectivity index (χ0n) is 10.5. The molecule has 2 aromatic heterocycles. The Kier molecular flexibility index (Phi) is 3.32. The smallest absolute Gasteiger partial charge is 0.323 e. The highest BCUT2D eigenvalue weighted by molar-refractivity contribution is 5.93. The number of nitrogens with zero attached hydrogens (tertiary/aromatic N) is 3. The predicted molar refractivity (Wildman–Crippen MR) is 66.5 cm³/mol. The summed E-state index contributed by atoms with van der Waals surface area (Å²) in [5, 5.41) is 13.4. The first-order valence-electron chi connectivity index (χ1n) is 5.61. The lowest BCUT2D eigenvalue weighted by Gasteiger charge is -2.10. The van der Waals surface area contributed by atoms with Gasteiger partial charge in [0.15, 0.2) is 5.69 Å². The van der Waals surface area contributed by atoms with Crippen molar-refractivity contribution in [1.29, 1.82) is 0 Å². The quantitative estimate of drug-likeness (QED) is 0.637. The molecule has 8 nitrogen and oxygen atoms in total. The largest absolute Gasteiger partial charge is 0.358 e. The van der Waals surface area contributed by atoms with Crippen molar-refractivity contribution in [1.82, 2.24) is 19.9 Å². The Hall–Kier alpha value is -2.64. The van der Waals surface area contributed by atoms with Gasteiger partial charge in [-0.15, -0.1) is 0 Å². The third-order valence-electron chi connectivity index (χ3n) is 2.79. The minimum Gasteiger partial charge on any atom is -0.358 e. The van der Waals surface area contributed by atoms with Crippen LogP contribution in [0.4, 0.5) is 5.82 Å². The van der Waals surface area contributed by atoms with Gasteiger partial charge in [0, 0.05) is 18.5 Å². The summed E-state index contributed by atoms with van der Waals surface area (Å²) in [5.74, 6) is 0.104. The summed E-state index contributed by atoms with van der Waals surface area (Å²) in [6.45, 7) is 1.77. The van der Waals surface area contributed by atoms with Crippen LogP contribution in [0.1, 0.15) is 29.3 Å². The van der Waals surface area contributed by atoms with E-state index in [0.29, 0.717) is 5.82 Å². The van der Waals surface area contributed by atoms with E-state index in [9.17, 15) is 14.9 Å².